The molecule has 0 saturated heterocycles. The summed E-state index contributed by atoms with van der Waals surface area (Å²) in [6.07, 6.45) is 27.2. The second-order valence-electron chi connectivity index (χ2n) is 7.86. The minimum absolute atomic E-state index is 0. The molecular formula is C24H52MgN2. The quantitative estimate of drug-likeness (QED) is 0.146. The van der Waals surface area contributed by atoms with Crippen LogP contribution in [0, 0.1) is 0 Å². The number of nitrogens with one attached hydrogen (secondary N) is 2. The SMILES string of the molecule is CCCCCCCCCCCC[NH-].CCCCCCCCCCCC[NH-].[Mg+2]. The normalized spacial score (nSPS) is 10.2. The van der Waals surface area contributed by atoms with Gasteiger partial charge in [-0.05, 0) is 0 Å². The zero-order chi connectivity index (χ0) is 19.6. The molecule has 0 spiro atoms. The molecule has 0 amide bonds. The van der Waals surface area contributed by atoms with Gasteiger partial charge >= 0.3 is 23.1 Å². The largest absolute Gasteiger partial charge is 2.00 e. The first-order valence-corrected chi connectivity index (χ1v) is 12.1. The molecule has 0 heterocycles. The molecule has 0 aliphatic carbocycles. The summed E-state index contributed by atoms with van der Waals surface area (Å²) in [5, 5.41) is 0. The molecule has 0 atom stereocenters. The second-order valence-corrected chi connectivity index (χ2v) is 7.86. The third kappa shape index (κ3) is 38.0. The molecule has 0 aromatic carbocycles. The van der Waals surface area contributed by atoms with Gasteiger partial charge in [0.25, 0.3) is 0 Å². The maximum Gasteiger partial charge on any atom is 2.00 e. The van der Waals surface area contributed by atoms with E-state index in [2.05, 4.69) is 13.8 Å². The first kappa shape index (κ1) is 32.4. The van der Waals surface area contributed by atoms with Crippen LogP contribution in [0.25, 0.3) is 11.5 Å². The average Bonchev–Trinajstić information content (AvgIpc) is 2.66. The maximum absolute atomic E-state index is 7.00. The molecule has 0 aliphatic heterocycles. The monoisotopic (exact) mass is 392 g/mol. The van der Waals surface area contributed by atoms with Gasteiger partial charge in [-0.1, -0.05) is 142 Å². The van der Waals surface area contributed by atoms with Gasteiger partial charge in [-0.25, -0.2) is 0 Å². The van der Waals surface area contributed by atoms with E-state index >= 15 is 0 Å². The van der Waals surface area contributed by atoms with Gasteiger partial charge in [0.15, 0.2) is 0 Å². The van der Waals surface area contributed by atoms with E-state index in [4.69, 9.17) is 11.5 Å². The van der Waals surface area contributed by atoms with Crippen molar-refractivity contribution in [2.45, 2.75) is 142 Å². The number of rotatable bonds is 20. The van der Waals surface area contributed by atoms with Crippen molar-refractivity contribution in [1.82, 2.24) is 0 Å². The predicted octanol–water partition coefficient (Wildman–Crippen LogP) is 9.54. The molecule has 3 heteroatoms. The Morgan fingerprint density at radius 3 is 0.704 bits per heavy atom. The Bertz CT molecular complexity index is 171. The first-order chi connectivity index (χ1) is 12.8. The smallest absolute Gasteiger partial charge is 0.677 e. The summed E-state index contributed by atoms with van der Waals surface area (Å²) in [5.74, 6) is 0. The third-order valence-corrected chi connectivity index (χ3v) is 5.06. The molecule has 0 saturated carbocycles. The van der Waals surface area contributed by atoms with Gasteiger partial charge in [0.1, 0.15) is 0 Å². The number of unbranched alkanes of at least 4 members (excludes halogenated alkanes) is 18. The molecule has 0 fully saturated rings. The molecule has 2 nitrogen and oxygen atoms in total. The minimum Gasteiger partial charge on any atom is -0.677 e. The van der Waals surface area contributed by atoms with Crippen molar-refractivity contribution in [1.29, 1.82) is 0 Å². The van der Waals surface area contributed by atoms with Crippen LogP contribution in [0.1, 0.15) is 142 Å². The minimum atomic E-state index is 0. The Kier molecular flexibility index (Phi) is 41.0. The van der Waals surface area contributed by atoms with Crippen molar-refractivity contribution in [2.24, 2.45) is 0 Å². The Hall–Kier alpha value is 0.686. The Morgan fingerprint density at radius 1 is 0.333 bits per heavy atom. The van der Waals surface area contributed by atoms with E-state index in [-0.39, 0.29) is 23.1 Å². The van der Waals surface area contributed by atoms with Crippen molar-refractivity contribution in [3.05, 3.63) is 11.5 Å². The summed E-state index contributed by atoms with van der Waals surface area (Å²) in [6, 6.07) is 0. The third-order valence-electron chi connectivity index (χ3n) is 5.06. The van der Waals surface area contributed by atoms with E-state index in [1.807, 2.05) is 0 Å². The Labute approximate surface area is 189 Å². The van der Waals surface area contributed by atoms with E-state index in [0.29, 0.717) is 13.1 Å². The van der Waals surface area contributed by atoms with Gasteiger partial charge in [0, 0.05) is 0 Å². The summed E-state index contributed by atoms with van der Waals surface area (Å²) in [6.45, 7) is 5.77. The van der Waals surface area contributed by atoms with Gasteiger partial charge in [0.05, 0.1) is 0 Å². The van der Waals surface area contributed by atoms with Crippen LogP contribution in [0.4, 0.5) is 0 Å². The van der Waals surface area contributed by atoms with Crippen LogP contribution < -0.4 is 0 Å². The molecular weight excluding hydrogens is 341 g/mol. The van der Waals surface area contributed by atoms with Crippen LogP contribution in [-0.2, 0) is 0 Å². The summed E-state index contributed by atoms with van der Waals surface area (Å²) >= 11 is 0. The van der Waals surface area contributed by atoms with Crippen molar-refractivity contribution >= 4 is 23.1 Å². The summed E-state index contributed by atoms with van der Waals surface area (Å²) in [7, 11) is 0. The van der Waals surface area contributed by atoms with Crippen LogP contribution in [-0.4, -0.2) is 36.1 Å². The van der Waals surface area contributed by atoms with Crippen LogP contribution in [0.5, 0.6) is 0 Å². The van der Waals surface area contributed by atoms with E-state index in [1.165, 1.54) is 116 Å². The van der Waals surface area contributed by atoms with Crippen molar-refractivity contribution in [3.63, 3.8) is 0 Å². The van der Waals surface area contributed by atoms with Crippen molar-refractivity contribution in [3.8, 4) is 0 Å². The molecule has 0 aromatic heterocycles. The molecule has 0 rings (SSSR count). The molecule has 27 heavy (non-hydrogen) atoms. The summed E-state index contributed by atoms with van der Waals surface area (Å²) in [5.41, 5.74) is 14.0. The molecule has 0 unspecified atom stereocenters. The average molecular weight is 393 g/mol. The summed E-state index contributed by atoms with van der Waals surface area (Å²) < 4.78 is 0. The topological polar surface area (TPSA) is 47.6 Å². The fraction of sp³-hybridized carbons (Fsp3) is 1.00. The first-order valence-electron chi connectivity index (χ1n) is 12.1. The van der Waals surface area contributed by atoms with Crippen molar-refractivity contribution < 1.29 is 0 Å². The van der Waals surface area contributed by atoms with Crippen LogP contribution in [0.15, 0.2) is 0 Å². The molecule has 160 valence electrons. The zero-order valence-electron chi connectivity index (χ0n) is 19.3. The second kappa shape index (κ2) is 34.2. The van der Waals surface area contributed by atoms with Crippen molar-refractivity contribution in [2.75, 3.05) is 13.1 Å². The van der Waals surface area contributed by atoms with E-state index < -0.39 is 0 Å². The van der Waals surface area contributed by atoms with Gasteiger partial charge in [-0.2, -0.15) is 13.1 Å². The fourth-order valence-corrected chi connectivity index (χ4v) is 3.22. The molecule has 0 bridgehead atoms. The van der Waals surface area contributed by atoms with E-state index in [1.54, 1.807) is 0 Å². The summed E-state index contributed by atoms with van der Waals surface area (Å²) in [4.78, 5) is 0. The van der Waals surface area contributed by atoms with Gasteiger partial charge in [-0.3, -0.25) is 0 Å². The number of hydrogen-bond acceptors (Lipinski definition) is 0. The van der Waals surface area contributed by atoms with Gasteiger partial charge < -0.3 is 11.5 Å². The zero-order valence-corrected chi connectivity index (χ0v) is 20.7. The molecule has 0 aliphatic rings. The molecule has 0 radical (unpaired) electrons. The standard InChI is InChI=1S/2C12H26N.Mg/c2*1-2-3-4-5-6-7-8-9-10-11-12-13;/h2*13H,2-12H2,1H3;/q2*-1;+2. The Balaban J connectivity index is -0.000000411. The van der Waals surface area contributed by atoms with E-state index in [9.17, 15) is 0 Å². The molecule has 0 aromatic rings. The van der Waals surface area contributed by atoms with E-state index in [0.717, 1.165) is 12.8 Å². The van der Waals surface area contributed by atoms with Crippen LogP contribution in [0.3, 0.4) is 0 Å². The molecule has 2 N–H and O–H groups in total. The van der Waals surface area contributed by atoms with Gasteiger partial charge in [0.2, 0.25) is 0 Å². The Morgan fingerprint density at radius 2 is 0.519 bits per heavy atom. The predicted molar refractivity (Wildman–Crippen MR) is 128 cm³/mol. The van der Waals surface area contributed by atoms with Crippen LogP contribution >= 0.6 is 0 Å². The number of hydrogen-bond donors (Lipinski definition) is 0. The van der Waals surface area contributed by atoms with Crippen LogP contribution in [0.2, 0.25) is 0 Å². The fourth-order valence-electron chi connectivity index (χ4n) is 3.22. The van der Waals surface area contributed by atoms with Gasteiger partial charge in [-0.15, -0.1) is 0 Å². The maximum atomic E-state index is 7.00.